The Morgan fingerprint density at radius 1 is 1.18 bits per heavy atom. The molecule has 1 unspecified atom stereocenters. The van der Waals surface area contributed by atoms with Crippen molar-refractivity contribution in [1.29, 1.82) is 0 Å². The molecule has 9 heteroatoms. The van der Waals surface area contributed by atoms with Crippen LogP contribution in [0.3, 0.4) is 0 Å². The van der Waals surface area contributed by atoms with Crippen molar-refractivity contribution < 1.29 is 18.3 Å². The summed E-state index contributed by atoms with van der Waals surface area (Å²) in [5, 5.41) is 11.5. The minimum absolute atomic E-state index is 0.0428. The molecule has 0 spiro atoms. The van der Waals surface area contributed by atoms with Gasteiger partial charge in [0, 0.05) is 17.7 Å². The number of halogens is 1. The van der Waals surface area contributed by atoms with Crippen molar-refractivity contribution in [2.24, 2.45) is 0 Å². The van der Waals surface area contributed by atoms with E-state index in [-0.39, 0.29) is 11.7 Å². The molecule has 3 aromatic heterocycles. The molecule has 5 heterocycles. The standard InChI is InChI=1S/C19H14FN5O3/c20-13-1-2-14-17-10(6-26-14)7-27-15-3-11(16-5-21-9-28-16)18-24-23-8-25(18)19(15)22-4-12(13)17/h1-3,5,8-10,22H,4,6-7H2. The van der Waals surface area contributed by atoms with E-state index in [1.165, 1.54) is 12.5 Å². The average molecular weight is 379 g/mol. The zero-order valence-corrected chi connectivity index (χ0v) is 14.6. The Labute approximate surface area is 157 Å². The number of oxazole rings is 1. The van der Waals surface area contributed by atoms with Gasteiger partial charge in [-0.2, -0.15) is 0 Å². The van der Waals surface area contributed by atoms with Gasteiger partial charge < -0.3 is 19.2 Å². The zero-order chi connectivity index (χ0) is 18.7. The second-order valence-electron chi connectivity index (χ2n) is 6.77. The van der Waals surface area contributed by atoms with Crippen molar-refractivity contribution in [3.05, 3.63) is 54.1 Å². The molecule has 8 nitrogen and oxygen atoms in total. The summed E-state index contributed by atoms with van der Waals surface area (Å²) in [6.45, 7) is 1.12. The van der Waals surface area contributed by atoms with Crippen LogP contribution in [0.1, 0.15) is 17.0 Å². The predicted molar refractivity (Wildman–Crippen MR) is 95.9 cm³/mol. The maximum Gasteiger partial charge on any atom is 0.181 e. The number of anilines is 1. The molecule has 0 aliphatic carbocycles. The molecule has 4 aromatic rings. The van der Waals surface area contributed by atoms with Gasteiger partial charge in [0.2, 0.25) is 0 Å². The summed E-state index contributed by atoms with van der Waals surface area (Å²) in [5.41, 5.74) is 2.77. The first kappa shape index (κ1) is 15.4. The fourth-order valence-electron chi connectivity index (χ4n) is 3.91. The quantitative estimate of drug-likeness (QED) is 0.544. The summed E-state index contributed by atoms with van der Waals surface area (Å²) in [6, 6.07) is 4.97. The van der Waals surface area contributed by atoms with Crippen molar-refractivity contribution >= 4 is 11.5 Å². The highest BCUT2D eigenvalue weighted by Crippen LogP contribution is 2.41. The molecular weight excluding hydrogens is 365 g/mol. The molecule has 0 fully saturated rings. The monoisotopic (exact) mass is 379 g/mol. The van der Waals surface area contributed by atoms with E-state index in [0.29, 0.717) is 53.9 Å². The van der Waals surface area contributed by atoms with E-state index in [2.05, 4.69) is 20.5 Å². The highest BCUT2D eigenvalue weighted by molar-refractivity contribution is 5.79. The number of benzene rings is 1. The van der Waals surface area contributed by atoms with Gasteiger partial charge in [0.1, 0.15) is 17.9 Å². The zero-order valence-electron chi connectivity index (χ0n) is 14.6. The summed E-state index contributed by atoms with van der Waals surface area (Å²) >= 11 is 0. The van der Waals surface area contributed by atoms with Gasteiger partial charge in [-0.1, -0.05) is 0 Å². The Morgan fingerprint density at radius 3 is 2.93 bits per heavy atom. The van der Waals surface area contributed by atoms with Crippen LogP contribution in [0, 0.1) is 5.82 Å². The number of nitrogens with zero attached hydrogens (tertiary/aromatic N) is 4. The molecular formula is C19H14FN5O3. The third kappa shape index (κ3) is 2.13. The molecule has 2 aliphatic rings. The molecule has 0 saturated heterocycles. The number of fused-ring (bicyclic) bond motifs is 3. The second-order valence-corrected chi connectivity index (χ2v) is 6.77. The van der Waals surface area contributed by atoms with E-state index < -0.39 is 0 Å². The predicted octanol–water partition coefficient (Wildman–Crippen LogP) is 3.00. The Kier molecular flexibility index (Phi) is 3.14. The normalized spacial score (nSPS) is 17.5. The molecule has 0 amide bonds. The highest BCUT2D eigenvalue weighted by Gasteiger charge is 2.31. The van der Waals surface area contributed by atoms with E-state index in [0.717, 1.165) is 11.3 Å². The third-order valence-corrected chi connectivity index (χ3v) is 5.22. The molecule has 0 bridgehead atoms. The molecule has 28 heavy (non-hydrogen) atoms. The van der Waals surface area contributed by atoms with E-state index in [9.17, 15) is 4.39 Å². The van der Waals surface area contributed by atoms with E-state index >= 15 is 0 Å². The Bertz CT molecular complexity index is 1200. The Hall–Kier alpha value is -3.62. The van der Waals surface area contributed by atoms with Gasteiger partial charge in [-0.25, -0.2) is 9.37 Å². The maximum atomic E-state index is 14.6. The second kappa shape index (κ2) is 5.69. The van der Waals surface area contributed by atoms with Crippen molar-refractivity contribution in [1.82, 2.24) is 19.6 Å². The van der Waals surface area contributed by atoms with Gasteiger partial charge in [0.05, 0.1) is 30.9 Å². The van der Waals surface area contributed by atoms with Crippen molar-refractivity contribution in [2.75, 3.05) is 18.5 Å². The van der Waals surface area contributed by atoms with Gasteiger partial charge in [0.25, 0.3) is 0 Å². The van der Waals surface area contributed by atoms with Crippen LogP contribution < -0.4 is 14.8 Å². The van der Waals surface area contributed by atoms with Crippen molar-refractivity contribution in [3.63, 3.8) is 0 Å². The van der Waals surface area contributed by atoms with Gasteiger partial charge >= 0.3 is 0 Å². The lowest BCUT2D eigenvalue weighted by Crippen LogP contribution is -2.13. The molecule has 6 rings (SSSR count). The topological polar surface area (TPSA) is 86.7 Å². The van der Waals surface area contributed by atoms with Gasteiger partial charge in [-0.05, 0) is 18.2 Å². The van der Waals surface area contributed by atoms with Crippen LogP contribution in [0.25, 0.3) is 17.0 Å². The highest BCUT2D eigenvalue weighted by atomic mass is 19.1. The largest absolute Gasteiger partial charge is 0.493 e. The maximum absolute atomic E-state index is 14.6. The van der Waals surface area contributed by atoms with E-state index in [1.54, 1.807) is 23.0 Å². The molecule has 2 aliphatic heterocycles. The van der Waals surface area contributed by atoms with Crippen molar-refractivity contribution in [2.45, 2.75) is 12.5 Å². The summed E-state index contributed by atoms with van der Waals surface area (Å²) in [6.07, 6.45) is 4.56. The Balaban J connectivity index is 1.53. The summed E-state index contributed by atoms with van der Waals surface area (Å²) in [4.78, 5) is 3.98. The number of pyridine rings is 1. The average Bonchev–Trinajstić information content (AvgIpc) is 3.45. The fraction of sp³-hybridized carbons (Fsp3) is 0.211. The number of ether oxygens (including phenoxy) is 2. The van der Waals surface area contributed by atoms with E-state index in [1.807, 2.05) is 6.07 Å². The van der Waals surface area contributed by atoms with Crippen LogP contribution in [-0.4, -0.2) is 32.8 Å². The van der Waals surface area contributed by atoms with Gasteiger partial charge in [-0.3, -0.25) is 4.40 Å². The van der Waals surface area contributed by atoms with E-state index in [4.69, 9.17) is 13.9 Å². The molecule has 1 aromatic carbocycles. The lowest BCUT2D eigenvalue weighted by atomic mass is 9.96. The number of rotatable bonds is 1. The SMILES string of the molecule is Fc1ccc2c3c1CNc1c(cc(-c4cnco4)c4nncn14)OCC3CO2. The molecule has 0 saturated carbocycles. The number of hydrogen-bond acceptors (Lipinski definition) is 7. The minimum Gasteiger partial charge on any atom is -0.493 e. The summed E-state index contributed by atoms with van der Waals surface area (Å²) in [5.74, 6) is 2.23. The third-order valence-electron chi connectivity index (χ3n) is 5.22. The Morgan fingerprint density at radius 2 is 2.07 bits per heavy atom. The number of hydrogen-bond donors (Lipinski definition) is 1. The number of aromatic nitrogens is 4. The number of nitrogens with one attached hydrogen (secondary N) is 1. The van der Waals surface area contributed by atoms with Crippen LogP contribution in [0.15, 0.2) is 41.5 Å². The van der Waals surface area contributed by atoms with Gasteiger partial charge in [0.15, 0.2) is 29.4 Å². The molecule has 0 radical (unpaired) electrons. The first-order valence-corrected chi connectivity index (χ1v) is 8.86. The van der Waals surface area contributed by atoms with Crippen LogP contribution in [-0.2, 0) is 6.54 Å². The molecule has 140 valence electrons. The smallest absolute Gasteiger partial charge is 0.181 e. The first-order valence-electron chi connectivity index (χ1n) is 8.86. The lowest BCUT2D eigenvalue weighted by Gasteiger charge is -2.15. The van der Waals surface area contributed by atoms with Crippen LogP contribution in [0.4, 0.5) is 10.2 Å². The summed E-state index contributed by atoms with van der Waals surface area (Å²) < 4.78 is 33.7. The summed E-state index contributed by atoms with van der Waals surface area (Å²) in [7, 11) is 0. The van der Waals surface area contributed by atoms with Crippen LogP contribution in [0.2, 0.25) is 0 Å². The van der Waals surface area contributed by atoms with Crippen LogP contribution >= 0.6 is 0 Å². The van der Waals surface area contributed by atoms with Crippen LogP contribution in [0.5, 0.6) is 11.5 Å². The molecule has 1 N–H and O–H groups in total. The minimum atomic E-state index is -0.261. The molecule has 1 atom stereocenters. The van der Waals surface area contributed by atoms with Gasteiger partial charge in [-0.15, -0.1) is 10.2 Å². The lowest BCUT2D eigenvalue weighted by molar-refractivity contribution is 0.249. The van der Waals surface area contributed by atoms with Crippen molar-refractivity contribution in [3.8, 4) is 22.8 Å². The first-order chi connectivity index (χ1) is 13.8. The fourth-order valence-corrected chi connectivity index (χ4v) is 3.91.